The maximum Gasteiger partial charge on any atom is 0.0642 e. The zero-order valence-electron chi connectivity index (χ0n) is 7.72. The van der Waals surface area contributed by atoms with Gasteiger partial charge in [0.05, 0.1) is 6.61 Å². The maximum absolute atomic E-state index is 8.94. The van der Waals surface area contributed by atoms with Crippen molar-refractivity contribution >= 4 is 0 Å². The van der Waals surface area contributed by atoms with Crippen LogP contribution in [0.5, 0.6) is 0 Å². The first kappa shape index (κ1) is 8.79. The van der Waals surface area contributed by atoms with E-state index >= 15 is 0 Å². The average Bonchev–Trinajstić information content (AvgIpc) is 2.29. The van der Waals surface area contributed by atoms with Gasteiger partial charge in [-0.2, -0.15) is 0 Å². The van der Waals surface area contributed by atoms with Crippen LogP contribution in [0.1, 0.15) is 33.6 Å². The Bertz CT molecular complexity index is 172. The summed E-state index contributed by atoms with van der Waals surface area (Å²) in [6.45, 7) is 7.02. The van der Waals surface area contributed by atoms with Crippen molar-refractivity contribution in [1.29, 1.82) is 0 Å². The van der Waals surface area contributed by atoms with E-state index in [1.165, 1.54) is 12.0 Å². The highest BCUT2D eigenvalue weighted by molar-refractivity contribution is 5.17. The van der Waals surface area contributed by atoms with Crippen molar-refractivity contribution in [2.24, 2.45) is 11.3 Å². The Balaban J connectivity index is 2.68. The number of allylic oxidation sites excluding steroid dienone is 1. The molecule has 11 heavy (non-hydrogen) atoms. The molecular formula is C10H18O. The van der Waals surface area contributed by atoms with E-state index in [0.29, 0.717) is 11.3 Å². The molecule has 0 amide bonds. The van der Waals surface area contributed by atoms with E-state index in [1.807, 2.05) is 0 Å². The molecule has 0 fully saturated rings. The second-order valence-electron chi connectivity index (χ2n) is 3.96. The van der Waals surface area contributed by atoms with E-state index in [9.17, 15) is 0 Å². The summed E-state index contributed by atoms with van der Waals surface area (Å²) >= 11 is 0. The van der Waals surface area contributed by atoms with Gasteiger partial charge in [0.2, 0.25) is 0 Å². The summed E-state index contributed by atoms with van der Waals surface area (Å²) in [4.78, 5) is 0. The molecule has 0 bridgehead atoms. The van der Waals surface area contributed by atoms with Gasteiger partial charge in [0, 0.05) is 0 Å². The van der Waals surface area contributed by atoms with Crippen LogP contribution in [-0.4, -0.2) is 11.7 Å². The molecule has 2 unspecified atom stereocenters. The third-order valence-electron chi connectivity index (χ3n) is 3.23. The Morgan fingerprint density at radius 2 is 2.36 bits per heavy atom. The van der Waals surface area contributed by atoms with Gasteiger partial charge in [-0.1, -0.05) is 26.8 Å². The first-order valence-corrected chi connectivity index (χ1v) is 4.43. The lowest BCUT2D eigenvalue weighted by molar-refractivity contribution is 0.244. The van der Waals surface area contributed by atoms with Crippen LogP contribution < -0.4 is 0 Å². The summed E-state index contributed by atoms with van der Waals surface area (Å²) in [5.74, 6) is 0.634. The second kappa shape index (κ2) is 2.98. The van der Waals surface area contributed by atoms with Gasteiger partial charge in [-0.3, -0.25) is 0 Å². The SMILES string of the molecule is CCC1(C)CC(CO)=CC1C. The van der Waals surface area contributed by atoms with E-state index < -0.39 is 0 Å². The van der Waals surface area contributed by atoms with Crippen molar-refractivity contribution in [1.82, 2.24) is 0 Å². The zero-order valence-corrected chi connectivity index (χ0v) is 7.72. The van der Waals surface area contributed by atoms with Gasteiger partial charge in [-0.15, -0.1) is 0 Å². The van der Waals surface area contributed by atoms with Crippen molar-refractivity contribution in [3.8, 4) is 0 Å². The molecule has 0 aliphatic heterocycles. The standard InChI is InChI=1S/C10H18O/c1-4-10(3)6-9(7-11)5-8(10)2/h5,8,11H,4,6-7H2,1-3H3. The van der Waals surface area contributed by atoms with Gasteiger partial charge in [-0.25, -0.2) is 0 Å². The highest BCUT2D eigenvalue weighted by Crippen LogP contribution is 2.43. The summed E-state index contributed by atoms with van der Waals surface area (Å²) in [5.41, 5.74) is 1.64. The predicted octanol–water partition coefficient (Wildman–Crippen LogP) is 2.36. The number of rotatable bonds is 2. The first-order valence-electron chi connectivity index (χ1n) is 4.43. The molecule has 1 aliphatic rings. The normalized spacial score (nSPS) is 37.5. The Morgan fingerprint density at radius 3 is 2.64 bits per heavy atom. The molecular weight excluding hydrogens is 136 g/mol. The van der Waals surface area contributed by atoms with Crippen molar-refractivity contribution in [3.05, 3.63) is 11.6 Å². The minimum atomic E-state index is 0.250. The molecule has 1 heteroatoms. The van der Waals surface area contributed by atoms with E-state index in [2.05, 4.69) is 26.8 Å². The number of aliphatic hydroxyl groups is 1. The first-order chi connectivity index (χ1) is 5.12. The molecule has 1 rings (SSSR count). The summed E-state index contributed by atoms with van der Waals surface area (Å²) < 4.78 is 0. The Kier molecular flexibility index (Phi) is 2.38. The number of hydrogen-bond donors (Lipinski definition) is 1. The van der Waals surface area contributed by atoms with Crippen molar-refractivity contribution < 1.29 is 5.11 Å². The van der Waals surface area contributed by atoms with Crippen LogP contribution in [0.15, 0.2) is 11.6 Å². The van der Waals surface area contributed by atoms with Crippen LogP contribution in [0.25, 0.3) is 0 Å². The van der Waals surface area contributed by atoms with E-state index in [1.54, 1.807) is 0 Å². The summed E-state index contributed by atoms with van der Waals surface area (Å²) in [6, 6.07) is 0. The van der Waals surface area contributed by atoms with Gasteiger partial charge in [0.15, 0.2) is 0 Å². The van der Waals surface area contributed by atoms with E-state index in [-0.39, 0.29) is 6.61 Å². The van der Waals surface area contributed by atoms with Gasteiger partial charge < -0.3 is 5.11 Å². The Hall–Kier alpha value is -0.300. The fourth-order valence-corrected chi connectivity index (χ4v) is 1.85. The minimum absolute atomic E-state index is 0.250. The predicted molar refractivity (Wildman–Crippen MR) is 47.3 cm³/mol. The van der Waals surface area contributed by atoms with Crippen LogP contribution >= 0.6 is 0 Å². The highest BCUT2D eigenvalue weighted by atomic mass is 16.3. The van der Waals surface area contributed by atoms with Crippen molar-refractivity contribution in [3.63, 3.8) is 0 Å². The van der Waals surface area contributed by atoms with Crippen LogP contribution in [0.4, 0.5) is 0 Å². The van der Waals surface area contributed by atoms with Crippen LogP contribution in [-0.2, 0) is 0 Å². The lowest BCUT2D eigenvalue weighted by Gasteiger charge is -2.27. The Labute approximate surface area is 69.1 Å². The lowest BCUT2D eigenvalue weighted by atomic mass is 9.77. The summed E-state index contributed by atoms with van der Waals surface area (Å²) in [5, 5.41) is 8.94. The molecule has 0 aromatic rings. The van der Waals surface area contributed by atoms with Gasteiger partial charge >= 0.3 is 0 Å². The Morgan fingerprint density at radius 1 is 1.73 bits per heavy atom. The van der Waals surface area contributed by atoms with Crippen LogP contribution in [0.2, 0.25) is 0 Å². The molecule has 1 N–H and O–H groups in total. The second-order valence-corrected chi connectivity index (χ2v) is 3.96. The third-order valence-corrected chi connectivity index (χ3v) is 3.23. The third kappa shape index (κ3) is 1.48. The van der Waals surface area contributed by atoms with Crippen molar-refractivity contribution in [2.45, 2.75) is 33.6 Å². The molecule has 1 nitrogen and oxygen atoms in total. The monoisotopic (exact) mass is 154 g/mol. The molecule has 0 aromatic heterocycles. The van der Waals surface area contributed by atoms with E-state index in [4.69, 9.17) is 5.11 Å². The summed E-state index contributed by atoms with van der Waals surface area (Å²) in [6.07, 6.45) is 4.51. The largest absolute Gasteiger partial charge is 0.392 e. The van der Waals surface area contributed by atoms with Crippen LogP contribution in [0.3, 0.4) is 0 Å². The quantitative estimate of drug-likeness (QED) is 0.605. The highest BCUT2D eigenvalue weighted by Gasteiger charge is 2.33. The van der Waals surface area contributed by atoms with Gasteiger partial charge in [0.1, 0.15) is 0 Å². The van der Waals surface area contributed by atoms with Crippen LogP contribution in [0, 0.1) is 11.3 Å². The molecule has 0 aromatic carbocycles. The fraction of sp³-hybridized carbons (Fsp3) is 0.800. The zero-order chi connectivity index (χ0) is 8.48. The summed E-state index contributed by atoms with van der Waals surface area (Å²) in [7, 11) is 0. The average molecular weight is 154 g/mol. The molecule has 0 radical (unpaired) electrons. The number of hydrogen-bond acceptors (Lipinski definition) is 1. The van der Waals surface area contributed by atoms with Crippen molar-refractivity contribution in [2.75, 3.05) is 6.61 Å². The minimum Gasteiger partial charge on any atom is -0.392 e. The maximum atomic E-state index is 8.94. The fourth-order valence-electron chi connectivity index (χ4n) is 1.85. The molecule has 0 heterocycles. The number of aliphatic hydroxyl groups excluding tert-OH is 1. The smallest absolute Gasteiger partial charge is 0.0642 e. The van der Waals surface area contributed by atoms with Gasteiger partial charge in [-0.05, 0) is 29.7 Å². The van der Waals surface area contributed by atoms with Gasteiger partial charge in [0.25, 0.3) is 0 Å². The molecule has 1 aliphatic carbocycles. The molecule has 0 saturated heterocycles. The molecule has 0 spiro atoms. The molecule has 2 atom stereocenters. The molecule has 0 saturated carbocycles. The lowest BCUT2D eigenvalue weighted by Crippen LogP contribution is -2.18. The molecule has 64 valence electrons. The van der Waals surface area contributed by atoms with E-state index in [0.717, 1.165) is 6.42 Å². The topological polar surface area (TPSA) is 20.2 Å².